The normalized spacial score (nSPS) is 10.9. The first-order valence-electron chi connectivity index (χ1n) is 6.07. The van der Waals surface area contributed by atoms with Crippen molar-refractivity contribution in [3.63, 3.8) is 0 Å². The molecule has 0 atom stereocenters. The molecule has 0 fully saturated rings. The third kappa shape index (κ3) is 3.18. The topological polar surface area (TPSA) is 72.3 Å². The van der Waals surface area contributed by atoms with Crippen LogP contribution < -0.4 is 10.3 Å². The van der Waals surface area contributed by atoms with E-state index in [1.807, 2.05) is 31.2 Å². The van der Waals surface area contributed by atoms with E-state index in [1.165, 1.54) is 0 Å². The fourth-order valence-corrected chi connectivity index (χ4v) is 1.69. The lowest BCUT2D eigenvalue weighted by Gasteiger charge is -2.02. The van der Waals surface area contributed by atoms with Gasteiger partial charge >= 0.3 is 0 Å². The third-order valence-electron chi connectivity index (χ3n) is 2.53. The Morgan fingerprint density at radius 2 is 2.15 bits per heavy atom. The highest BCUT2D eigenvalue weighted by atomic mass is 32.1. The molecular formula is C13H14N4O2S. The summed E-state index contributed by atoms with van der Waals surface area (Å²) in [6.45, 7) is 4.14. The number of nitrogens with one attached hydrogen (secondary N) is 1. The Hall–Kier alpha value is -2.28. The number of aryl methyl sites for hydroxylation is 1. The van der Waals surface area contributed by atoms with Gasteiger partial charge < -0.3 is 4.74 Å². The second-order valence-corrected chi connectivity index (χ2v) is 4.36. The fraction of sp³-hybridized carbons (Fsp3) is 0.231. The Labute approximate surface area is 120 Å². The van der Waals surface area contributed by atoms with Gasteiger partial charge in [-0.05, 0) is 55.9 Å². The summed E-state index contributed by atoms with van der Waals surface area (Å²) in [5.41, 5.74) is 0.808. The minimum atomic E-state index is -0.337. The van der Waals surface area contributed by atoms with Crippen LogP contribution in [0.15, 0.2) is 34.2 Å². The van der Waals surface area contributed by atoms with Gasteiger partial charge in [0.25, 0.3) is 5.56 Å². The van der Waals surface area contributed by atoms with Crippen LogP contribution in [0.25, 0.3) is 0 Å². The molecule has 2 rings (SSSR count). The van der Waals surface area contributed by atoms with Gasteiger partial charge in [0.2, 0.25) is 4.77 Å². The summed E-state index contributed by atoms with van der Waals surface area (Å²) in [6, 6.07) is 7.37. The number of nitrogens with zero attached hydrogens (tertiary/aromatic N) is 3. The van der Waals surface area contributed by atoms with Crippen molar-refractivity contribution in [3.8, 4) is 5.75 Å². The largest absolute Gasteiger partial charge is 0.494 e. The molecule has 0 aliphatic heterocycles. The van der Waals surface area contributed by atoms with Gasteiger partial charge in [-0.1, -0.05) is 0 Å². The van der Waals surface area contributed by atoms with Crippen molar-refractivity contribution in [2.45, 2.75) is 13.8 Å². The number of aromatic nitrogens is 3. The average Bonchev–Trinajstić information content (AvgIpc) is 2.45. The van der Waals surface area contributed by atoms with Crippen LogP contribution >= 0.6 is 12.2 Å². The first-order valence-corrected chi connectivity index (χ1v) is 6.48. The number of benzene rings is 1. The van der Waals surface area contributed by atoms with E-state index in [1.54, 1.807) is 13.1 Å². The smallest absolute Gasteiger partial charge is 0.296 e. The van der Waals surface area contributed by atoms with Crippen LogP contribution in [0, 0.1) is 11.7 Å². The Morgan fingerprint density at radius 3 is 2.80 bits per heavy atom. The van der Waals surface area contributed by atoms with E-state index in [-0.39, 0.29) is 10.3 Å². The second kappa shape index (κ2) is 6.25. The second-order valence-electron chi connectivity index (χ2n) is 3.98. The lowest BCUT2D eigenvalue weighted by Crippen LogP contribution is -2.22. The summed E-state index contributed by atoms with van der Waals surface area (Å²) >= 11 is 4.98. The molecule has 0 spiro atoms. The molecule has 0 amide bonds. The molecule has 1 aromatic heterocycles. The molecule has 1 heterocycles. The molecule has 2 aromatic rings. The van der Waals surface area contributed by atoms with Gasteiger partial charge in [0.05, 0.1) is 12.8 Å². The fourth-order valence-electron chi connectivity index (χ4n) is 1.52. The molecule has 0 aliphatic carbocycles. The summed E-state index contributed by atoms with van der Waals surface area (Å²) in [4.78, 5) is 11.8. The first kappa shape index (κ1) is 14.1. The van der Waals surface area contributed by atoms with Crippen LogP contribution in [0.5, 0.6) is 5.75 Å². The Balaban J connectivity index is 2.28. The quantitative estimate of drug-likeness (QED) is 0.689. The van der Waals surface area contributed by atoms with E-state index < -0.39 is 0 Å². The molecule has 1 N–H and O–H groups in total. The van der Waals surface area contributed by atoms with Crippen molar-refractivity contribution < 1.29 is 4.74 Å². The molecule has 20 heavy (non-hydrogen) atoms. The van der Waals surface area contributed by atoms with Crippen LogP contribution in [0.1, 0.15) is 18.2 Å². The van der Waals surface area contributed by atoms with E-state index in [2.05, 4.69) is 15.3 Å². The number of hydrogen-bond acceptors (Lipinski definition) is 5. The first-order chi connectivity index (χ1) is 9.61. The third-order valence-corrected chi connectivity index (χ3v) is 2.79. The molecule has 0 radical (unpaired) electrons. The van der Waals surface area contributed by atoms with Crippen molar-refractivity contribution in [1.82, 2.24) is 14.9 Å². The maximum atomic E-state index is 11.8. The molecule has 7 heteroatoms. The molecule has 0 saturated carbocycles. The van der Waals surface area contributed by atoms with E-state index >= 15 is 0 Å². The Morgan fingerprint density at radius 1 is 1.45 bits per heavy atom. The number of hydrogen-bond donors (Lipinski definition) is 1. The summed E-state index contributed by atoms with van der Waals surface area (Å²) < 4.78 is 6.61. The minimum Gasteiger partial charge on any atom is -0.494 e. The zero-order chi connectivity index (χ0) is 14.5. The molecule has 1 aromatic carbocycles. The van der Waals surface area contributed by atoms with Gasteiger partial charge in [0, 0.05) is 0 Å². The zero-order valence-corrected chi connectivity index (χ0v) is 12.0. The van der Waals surface area contributed by atoms with E-state index in [4.69, 9.17) is 17.0 Å². The van der Waals surface area contributed by atoms with Gasteiger partial charge in [-0.25, -0.2) is 0 Å². The maximum absolute atomic E-state index is 11.8. The van der Waals surface area contributed by atoms with Crippen LogP contribution in [0.2, 0.25) is 0 Å². The van der Waals surface area contributed by atoms with E-state index in [0.29, 0.717) is 12.3 Å². The van der Waals surface area contributed by atoms with E-state index in [9.17, 15) is 4.79 Å². The zero-order valence-electron chi connectivity index (χ0n) is 11.2. The molecular weight excluding hydrogens is 276 g/mol. The predicted molar refractivity (Wildman–Crippen MR) is 79.0 cm³/mol. The summed E-state index contributed by atoms with van der Waals surface area (Å²) in [6.07, 6.45) is 1.56. The van der Waals surface area contributed by atoms with Crippen LogP contribution in [0.4, 0.5) is 0 Å². The van der Waals surface area contributed by atoms with Gasteiger partial charge in [0.1, 0.15) is 11.4 Å². The summed E-state index contributed by atoms with van der Waals surface area (Å²) in [7, 11) is 0. The van der Waals surface area contributed by atoms with Crippen molar-refractivity contribution in [1.29, 1.82) is 0 Å². The van der Waals surface area contributed by atoms with Gasteiger partial charge in [0.15, 0.2) is 0 Å². The molecule has 0 unspecified atom stereocenters. The monoisotopic (exact) mass is 290 g/mol. The SMILES string of the molecule is CCOc1ccc(/C=N\n2c(=S)[nH]nc(C)c2=O)cc1. The minimum absolute atomic E-state index is 0.155. The van der Waals surface area contributed by atoms with Gasteiger partial charge in [-0.15, -0.1) is 0 Å². The van der Waals surface area contributed by atoms with Gasteiger partial charge in [-0.3, -0.25) is 9.89 Å². The standard InChI is InChI=1S/C13H14N4O2S/c1-3-19-11-6-4-10(5-7-11)8-14-17-12(18)9(2)15-16-13(17)20/h4-8H,3H2,1-2H3,(H,16,20)/b14-8-. The molecule has 0 aliphatic rings. The van der Waals surface area contributed by atoms with Crippen molar-refractivity contribution in [2.24, 2.45) is 5.10 Å². The Kier molecular flexibility index (Phi) is 4.41. The van der Waals surface area contributed by atoms with Gasteiger partial charge in [-0.2, -0.15) is 14.9 Å². The van der Waals surface area contributed by atoms with Crippen molar-refractivity contribution >= 4 is 18.4 Å². The molecule has 6 nitrogen and oxygen atoms in total. The summed E-state index contributed by atoms with van der Waals surface area (Å²) in [5, 5.41) is 10.4. The number of rotatable bonds is 4. The highest BCUT2D eigenvalue weighted by Gasteiger charge is 2.00. The van der Waals surface area contributed by atoms with Crippen LogP contribution in [-0.4, -0.2) is 27.7 Å². The van der Waals surface area contributed by atoms with Crippen molar-refractivity contribution in [2.75, 3.05) is 6.61 Å². The molecule has 0 saturated heterocycles. The highest BCUT2D eigenvalue weighted by Crippen LogP contribution is 2.10. The van der Waals surface area contributed by atoms with Crippen LogP contribution in [0.3, 0.4) is 0 Å². The molecule has 0 bridgehead atoms. The molecule has 104 valence electrons. The maximum Gasteiger partial charge on any atom is 0.296 e. The summed E-state index contributed by atoms with van der Waals surface area (Å²) in [5.74, 6) is 0.791. The van der Waals surface area contributed by atoms with E-state index in [0.717, 1.165) is 16.0 Å². The predicted octanol–water partition coefficient (Wildman–Crippen LogP) is 1.89. The lowest BCUT2D eigenvalue weighted by molar-refractivity contribution is 0.340. The number of H-pyrrole nitrogens is 1. The number of aromatic amines is 1. The highest BCUT2D eigenvalue weighted by molar-refractivity contribution is 7.71. The van der Waals surface area contributed by atoms with Crippen molar-refractivity contribution in [3.05, 3.63) is 50.6 Å². The number of ether oxygens (including phenoxy) is 1. The average molecular weight is 290 g/mol. The van der Waals surface area contributed by atoms with Crippen LogP contribution in [-0.2, 0) is 0 Å². The Bertz CT molecular complexity index is 731. The lowest BCUT2D eigenvalue weighted by atomic mass is 10.2.